The zero-order valence-corrected chi connectivity index (χ0v) is 15.6. The molecular weight excluding hydrogens is 346 g/mol. The fraction of sp³-hybridized carbons (Fsp3) is 0.190. The topological polar surface area (TPSA) is 47.6 Å². The Bertz CT molecular complexity index is 888. The zero-order chi connectivity index (χ0) is 18.4. The predicted molar refractivity (Wildman–Crippen MR) is 105 cm³/mol. The Labute approximate surface area is 157 Å². The first-order valence-corrected chi connectivity index (χ1v) is 9.31. The molecule has 1 heterocycles. The molecule has 5 heteroatoms. The van der Waals surface area contributed by atoms with Crippen molar-refractivity contribution in [2.45, 2.75) is 20.0 Å². The average Bonchev–Trinajstić information content (AvgIpc) is 3.16. The fourth-order valence-corrected chi connectivity index (χ4v) is 3.40. The van der Waals surface area contributed by atoms with Gasteiger partial charge in [-0.2, -0.15) is 0 Å². The van der Waals surface area contributed by atoms with Crippen LogP contribution in [0.3, 0.4) is 0 Å². The highest BCUT2D eigenvalue weighted by Crippen LogP contribution is 2.27. The molecule has 134 valence electrons. The molecule has 0 aliphatic carbocycles. The van der Waals surface area contributed by atoms with E-state index in [9.17, 15) is 4.79 Å². The molecule has 1 N–H and O–H groups in total. The Kier molecular flexibility index (Phi) is 5.92. The number of carbonyl (C=O) groups excluding carboxylic acids is 1. The molecule has 0 unspecified atom stereocenters. The molecule has 0 aliphatic heterocycles. The highest BCUT2D eigenvalue weighted by molar-refractivity contribution is 7.12. The third kappa shape index (κ3) is 4.24. The molecule has 0 saturated heterocycles. The molecule has 0 radical (unpaired) electrons. The third-order valence-corrected chi connectivity index (χ3v) is 4.97. The Hall–Kier alpha value is -2.79. The van der Waals surface area contributed by atoms with Crippen molar-refractivity contribution in [2.75, 3.05) is 12.4 Å². The van der Waals surface area contributed by atoms with Gasteiger partial charge in [0.15, 0.2) is 11.5 Å². The van der Waals surface area contributed by atoms with E-state index in [2.05, 4.69) is 12.2 Å². The summed E-state index contributed by atoms with van der Waals surface area (Å²) in [5.74, 6) is 1.28. The number of hydrogen-bond acceptors (Lipinski definition) is 4. The maximum atomic E-state index is 12.5. The van der Waals surface area contributed by atoms with Crippen molar-refractivity contribution < 1.29 is 14.3 Å². The molecule has 2 aromatic carbocycles. The van der Waals surface area contributed by atoms with E-state index in [4.69, 9.17) is 9.47 Å². The van der Waals surface area contributed by atoms with Crippen molar-refractivity contribution in [3.8, 4) is 11.5 Å². The molecule has 3 rings (SSSR count). The number of carbonyl (C=O) groups is 1. The summed E-state index contributed by atoms with van der Waals surface area (Å²) in [7, 11) is 1.61. The Morgan fingerprint density at radius 1 is 1.08 bits per heavy atom. The van der Waals surface area contributed by atoms with Crippen LogP contribution in [0.2, 0.25) is 0 Å². The monoisotopic (exact) mass is 367 g/mol. The molecule has 0 atom stereocenters. The lowest BCUT2D eigenvalue weighted by molar-refractivity contribution is 0.103. The van der Waals surface area contributed by atoms with E-state index in [1.54, 1.807) is 7.11 Å². The van der Waals surface area contributed by atoms with Gasteiger partial charge in [0.1, 0.15) is 6.61 Å². The van der Waals surface area contributed by atoms with Crippen LogP contribution in [0.15, 0.2) is 60.0 Å². The first kappa shape index (κ1) is 18.0. The molecular formula is C21H21NO3S. The molecule has 1 amide bonds. The van der Waals surface area contributed by atoms with E-state index >= 15 is 0 Å². The molecule has 3 aromatic rings. The smallest absolute Gasteiger partial charge is 0.265 e. The lowest BCUT2D eigenvalue weighted by Crippen LogP contribution is -2.11. The number of methoxy groups -OCH3 is 1. The van der Waals surface area contributed by atoms with Crippen LogP contribution >= 0.6 is 11.3 Å². The Balaban J connectivity index is 1.65. The summed E-state index contributed by atoms with van der Waals surface area (Å²) in [4.78, 5) is 13.2. The standard InChI is InChI=1S/C21H21NO3S/c1-3-16-8-4-5-9-17(16)22-21(23)20-12-15(14-26-20)13-25-19-11-7-6-10-18(19)24-2/h4-12,14H,3,13H2,1-2H3,(H,22,23). The van der Waals surface area contributed by atoms with Crippen LogP contribution in [0.25, 0.3) is 0 Å². The van der Waals surface area contributed by atoms with Gasteiger partial charge < -0.3 is 14.8 Å². The van der Waals surface area contributed by atoms with Crippen molar-refractivity contribution in [1.82, 2.24) is 0 Å². The highest BCUT2D eigenvalue weighted by Gasteiger charge is 2.12. The van der Waals surface area contributed by atoms with Gasteiger partial charge in [-0.3, -0.25) is 4.79 Å². The number of thiophene rings is 1. The van der Waals surface area contributed by atoms with Gasteiger partial charge in [0, 0.05) is 11.3 Å². The first-order chi connectivity index (χ1) is 12.7. The summed E-state index contributed by atoms with van der Waals surface area (Å²) in [6.45, 7) is 2.46. The van der Waals surface area contributed by atoms with Gasteiger partial charge in [0.25, 0.3) is 5.91 Å². The quantitative estimate of drug-likeness (QED) is 0.628. The number of hydrogen-bond donors (Lipinski definition) is 1. The van der Waals surface area contributed by atoms with Gasteiger partial charge in [-0.25, -0.2) is 0 Å². The molecule has 4 nitrogen and oxygen atoms in total. The van der Waals surface area contributed by atoms with E-state index in [-0.39, 0.29) is 5.91 Å². The van der Waals surface area contributed by atoms with Gasteiger partial charge >= 0.3 is 0 Å². The van der Waals surface area contributed by atoms with E-state index in [0.29, 0.717) is 23.0 Å². The molecule has 0 bridgehead atoms. The summed E-state index contributed by atoms with van der Waals surface area (Å²) in [6, 6.07) is 17.2. The maximum absolute atomic E-state index is 12.5. The van der Waals surface area contributed by atoms with Crippen molar-refractivity contribution in [3.05, 3.63) is 76.0 Å². The van der Waals surface area contributed by atoms with E-state index in [0.717, 1.165) is 23.2 Å². The van der Waals surface area contributed by atoms with Crippen LogP contribution in [0.1, 0.15) is 27.7 Å². The number of nitrogens with one attached hydrogen (secondary N) is 1. The number of para-hydroxylation sites is 3. The first-order valence-electron chi connectivity index (χ1n) is 8.43. The lowest BCUT2D eigenvalue weighted by Gasteiger charge is -2.09. The summed E-state index contributed by atoms with van der Waals surface area (Å²) >= 11 is 1.41. The summed E-state index contributed by atoms with van der Waals surface area (Å²) in [5.41, 5.74) is 2.94. The normalized spacial score (nSPS) is 10.4. The second kappa shape index (κ2) is 8.54. The molecule has 1 aromatic heterocycles. The van der Waals surface area contributed by atoms with Crippen molar-refractivity contribution >= 4 is 22.9 Å². The molecule has 0 saturated carbocycles. The van der Waals surface area contributed by atoms with Crippen LogP contribution in [0.5, 0.6) is 11.5 Å². The van der Waals surface area contributed by atoms with Crippen LogP contribution < -0.4 is 14.8 Å². The van der Waals surface area contributed by atoms with Crippen LogP contribution in [0, 0.1) is 0 Å². The summed E-state index contributed by atoms with van der Waals surface area (Å²) < 4.78 is 11.1. The van der Waals surface area contributed by atoms with Gasteiger partial charge in [-0.15, -0.1) is 11.3 Å². The summed E-state index contributed by atoms with van der Waals surface area (Å²) in [5, 5.41) is 4.93. The number of anilines is 1. The third-order valence-electron chi connectivity index (χ3n) is 3.99. The van der Waals surface area contributed by atoms with Crippen molar-refractivity contribution in [2.24, 2.45) is 0 Å². The molecule has 0 aliphatic rings. The SMILES string of the molecule is CCc1ccccc1NC(=O)c1cc(COc2ccccc2OC)cs1. The summed E-state index contributed by atoms with van der Waals surface area (Å²) in [6.07, 6.45) is 0.874. The van der Waals surface area contributed by atoms with Crippen molar-refractivity contribution in [1.29, 1.82) is 0 Å². The minimum absolute atomic E-state index is 0.0977. The maximum Gasteiger partial charge on any atom is 0.265 e. The zero-order valence-electron chi connectivity index (χ0n) is 14.8. The van der Waals surface area contributed by atoms with E-state index in [1.165, 1.54) is 11.3 Å². The van der Waals surface area contributed by atoms with Crippen LogP contribution in [0.4, 0.5) is 5.69 Å². The highest BCUT2D eigenvalue weighted by atomic mass is 32.1. The second-order valence-electron chi connectivity index (χ2n) is 5.72. The number of amides is 1. The van der Waals surface area contributed by atoms with Crippen LogP contribution in [-0.2, 0) is 13.0 Å². The Morgan fingerprint density at radius 2 is 1.81 bits per heavy atom. The number of benzene rings is 2. The fourth-order valence-electron chi connectivity index (χ4n) is 2.60. The van der Waals surface area contributed by atoms with Gasteiger partial charge in [0.05, 0.1) is 12.0 Å². The van der Waals surface area contributed by atoms with E-state index < -0.39 is 0 Å². The predicted octanol–water partition coefficient (Wildman–Crippen LogP) is 5.15. The Morgan fingerprint density at radius 3 is 2.58 bits per heavy atom. The number of ether oxygens (including phenoxy) is 2. The molecule has 0 spiro atoms. The largest absolute Gasteiger partial charge is 0.493 e. The van der Waals surface area contributed by atoms with Gasteiger partial charge in [-0.05, 0) is 41.6 Å². The van der Waals surface area contributed by atoms with Crippen LogP contribution in [-0.4, -0.2) is 13.0 Å². The average molecular weight is 367 g/mol. The van der Waals surface area contributed by atoms with Crippen molar-refractivity contribution in [3.63, 3.8) is 0 Å². The van der Waals surface area contributed by atoms with Gasteiger partial charge in [-0.1, -0.05) is 37.3 Å². The van der Waals surface area contributed by atoms with E-state index in [1.807, 2.05) is 60.0 Å². The number of rotatable bonds is 7. The minimum Gasteiger partial charge on any atom is -0.493 e. The van der Waals surface area contributed by atoms with Gasteiger partial charge in [0.2, 0.25) is 0 Å². The molecule has 26 heavy (non-hydrogen) atoms. The number of aryl methyl sites for hydroxylation is 1. The molecule has 0 fully saturated rings. The lowest BCUT2D eigenvalue weighted by atomic mass is 10.1. The minimum atomic E-state index is -0.0977. The second-order valence-corrected chi connectivity index (χ2v) is 6.63.